The van der Waals surface area contributed by atoms with E-state index in [1.807, 2.05) is 4.90 Å². The third-order valence-corrected chi connectivity index (χ3v) is 3.82. The van der Waals surface area contributed by atoms with Crippen LogP contribution in [0, 0.1) is 15.9 Å². The summed E-state index contributed by atoms with van der Waals surface area (Å²) in [5.41, 5.74) is 1.69. The minimum Gasteiger partial charge on any atom is -0.369 e. The first-order chi connectivity index (χ1) is 11.1. The Hall–Kier alpha value is -2.76. The molecule has 0 aromatic heterocycles. The quantitative estimate of drug-likeness (QED) is 0.485. The molecule has 6 heteroatoms. The Morgan fingerprint density at radius 2 is 1.96 bits per heavy atom. The number of benzene rings is 2. The molecule has 0 atom stereocenters. The molecule has 3 rings (SSSR count). The third kappa shape index (κ3) is 3.53. The highest BCUT2D eigenvalue weighted by atomic mass is 19.1. The van der Waals surface area contributed by atoms with Gasteiger partial charge in [0.1, 0.15) is 5.82 Å². The number of hydrogen-bond acceptors (Lipinski definition) is 4. The van der Waals surface area contributed by atoms with Gasteiger partial charge in [0.15, 0.2) is 0 Å². The summed E-state index contributed by atoms with van der Waals surface area (Å²) in [7, 11) is 0. The SMILES string of the molecule is O=[N+]([O-])c1cccc(N=Cc2ccc(N3CCCC3)c(F)c2)c1. The van der Waals surface area contributed by atoms with E-state index in [4.69, 9.17) is 0 Å². The van der Waals surface area contributed by atoms with Crippen LogP contribution in [-0.4, -0.2) is 24.2 Å². The van der Waals surface area contributed by atoms with Crippen molar-refractivity contribution in [1.82, 2.24) is 0 Å². The number of non-ortho nitro benzene ring substituents is 1. The summed E-state index contributed by atoms with van der Waals surface area (Å²) in [6, 6.07) is 11.0. The van der Waals surface area contributed by atoms with Crippen molar-refractivity contribution in [3.63, 3.8) is 0 Å². The van der Waals surface area contributed by atoms with E-state index in [0.29, 0.717) is 16.9 Å². The predicted octanol–water partition coefficient (Wildman–Crippen LogP) is 4.08. The van der Waals surface area contributed by atoms with Gasteiger partial charge < -0.3 is 4.90 Å². The molecule has 118 valence electrons. The summed E-state index contributed by atoms with van der Waals surface area (Å²) in [5.74, 6) is -0.269. The van der Waals surface area contributed by atoms with Crippen molar-refractivity contribution in [1.29, 1.82) is 0 Å². The lowest BCUT2D eigenvalue weighted by molar-refractivity contribution is -0.384. The Labute approximate surface area is 133 Å². The Bertz CT molecular complexity index is 755. The molecule has 1 aliphatic rings. The molecule has 0 amide bonds. The molecule has 1 heterocycles. The van der Waals surface area contributed by atoms with Crippen molar-refractivity contribution >= 4 is 23.3 Å². The van der Waals surface area contributed by atoms with Crippen molar-refractivity contribution in [2.24, 2.45) is 4.99 Å². The van der Waals surface area contributed by atoms with E-state index in [9.17, 15) is 14.5 Å². The first-order valence-corrected chi connectivity index (χ1v) is 7.46. The lowest BCUT2D eigenvalue weighted by Crippen LogP contribution is -2.18. The molecule has 0 aliphatic carbocycles. The van der Waals surface area contributed by atoms with Gasteiger partial charge in [-0.15, -0.1) is 0 Å². The summed E-state index contributed by atoms with van der Waals surface area (Å²) in [6.07, 6.45) is 3.70. The molecule has 2 aromatic carbocycles. The van der Waals surface area contributed by atoms with Gasteiger partial charge in [-0.1, -0.05) is 12.1 Å². The minimum atomic E-state index is -0.469. The van der Waals surface area contributed by atoms with Gasteiger partial charge in [0.25, 0.3) is 5.69 Å². The maximum absolute atomic E-state index is 14.2. The summed E-state index contributed by atoms with van der Waals surface area (Å²) in [5, 5.41) is 10.7. The molecule has 0 radical (unpaired) electrons. The molecule has 1 fully saturated rings. The van der Waals surface area contributed by atoms with E-state index >= 15 is 0 Å². The van der Waals surface area contributed by atoms with E-state index < -0.39 is 4.92 Å². The van der Waals surface area contributed by atoms with Crippen molar-refractivity contribution in [3.05, 3.63) is 64.0 Å². The third-order valence-electron chi connectivity index (χ3n) is 3.82. The van der Waals surface area contributed by atoms with Crippen LogP contribution in [0.5, 0.6) is 0 Å². The van der Waals surface area contributed by atoms with Gasteiger partial charge in [-0.3, -0.25) is 15.1 Å². The normalized spacial score (nSPS) is 14.6. The lowest BCUT2D eigenvalue weighted by Gasteiger charge is -2.18. The lowest BCUT2D eigenvalue weighted by atomic mass is 10.2. The molecule has 0 unspecified atom stereocenters. The molecule has 1 saturated heterocycles. The summed E-state index contributed by atoms with van der Waals surface area (Å²) < 4.78 is 14.2. The Morgan fingerprint density at radius 3 is 2.65 bits per heavy atom. The van der Waals surface area contributed by atoms with Crippen LogP contribution in [0.4, 0.5) is 21.5 Å². The standard InChI is InChI=1S/C17H16FN3O2/c18-16-10-13(6-7-17(16)20-8-1-2-9-20)12-19-14-4-3-5-15(11-14)21(22)23/h3-7,10-12H,1-2,8-9H2. The van der Waals surface area contributed by atoms with Crippen molar-refractivity contribution < 1.29 is 9.31 Å². The molecule has 0 bridgehead atoms. The Morgan fingerprint density at radius 1 is 1.17 bits per heavy atom. The number of aliphatic imine (C=N–C) groups is 1. The van der Waals surface area contributed by atoms with Crippen molar-refractivity contribution in [2.45, 2.75) is 12.8 Å². The number of halogens is 1. The fraction of sp³-hybridized carbons (Fsp3) is 0.235. The van der Waals surface area contributed by atoms with Gasteiger partial charge in [-0.2, -0.15) is 0 Å². The van der Waals surface area contributed by atoms with Gasteiger partial charge >= 0.3 is 0 Å². The Kier molecular flexibility index (Phi) is 4.32. The first kappa shape index (κ1) is 15.1. The number of nitro groups is 1. The summed E-state index contributed by atoms with van der Waals surface area (Å²) in [6.45, 7) is 1.77. The number of nitrogens with zero attached hydrogens (tertiary/aromatic N) is 3. The van der Waals surface area contributed by atoms with Crippen LogP contribution < -0.4 is 4.90 Å². The van der Waals surface area contributed by atoms with Gasteiger partial charge in [-0.05, 0) is 36.6 Å². The second-order valence-electron chi connectivity index (χ2n) is 5.44. The maximum atomic E-state index is 14.2. The largest absolute Gasteiger partial charge is 0.369 e. The monoisotopic (exact) mass is 313 g/mol. The Balaban J connectivity index is 1.78. The summed E-state index contributed by atoms with van der Waals surface area (Å²) >= 11 is 0. The topological polar surface area (TPSA) is 58.7 Å². The highest BCUT2D eigenvalue weighted by Gasteiger charge is 2.15. The maximum Gasteiger partial charge on any atom is 0.271 e. The zero-order valence-corrected chi connectivity index (χ0v) is 12.5. The van der Waals surface area contributed by atoms with E-state index in [1.54, 1.807) is 24.3 Å². The molecular formula is C17H16FN3O2. The highest BCUT2D eigenvalue weighted by molar-refractivity contribution is 5.83. The second-order valence-corrected chi connectivity index (χ2v) is 5.44. The minimum absolute atomic E-state index is 0.0183. The molecular weight excluding hydrogens is 297 g/mol. The van der Waals surface area contributed by atoms with E-state index in [1.165, 1.54) is 24.4 Å². The van der Waals surface area contributed by atoms with Crippen molar-refractivity contribution in [2.75, 3.05) is 18.0 Å². The first-order valence-electron chi connectivity index (χ1n) is 7.46. The van der Waals surface area contributed by atoms with E-state index in [2.05, 4.69) is 4.99 Å². The molecule has 0 N–H and O–H groups in total. The number of nitro benzene ring substituents is 1. The molecule has 0 spiro atoms. The number of hydrogen-bond donors (Lipinski definition) is 0. The van der Waals surface area contributed by atoms with Crippen LogP contribution in [0.3, 0.4) is 0 Å². The molecule has 23 heavy (non-hydrogen) atoms. The van der Waals surface area contributed by atoms with Crippen LogP contribution in [0.15, 0.2) is 47.5 Å². The molecule has 0 saturated carbocycles. The smallest absolute Gasteiger partial charge is 0.271 e. The van der Waals surface area contributed by atoms with Crippen molar-refractivity contribution in [3.8, 4) is 0 Å². The fourth-order valence-electron chi connectivity index (χ4n) is 2.65. The number of anilines is 1. The van der Waals surface area contributed by atoms with Crippen LogP contribution >= 0.6 is 0 Å². The second kappa shape index (κ2) is 6.56. The van der Waals surface area contributed by atoms with Crippen LogP contribution in [0.1, 0.15) is 18.4 Å². The molecule has 2 aromatic rings. The highest BCUT2D eigenvalue weighted by Crippen LogP contribution is 2.24. The van der Waals surface area contributed by atoms with E-state index in [0.717, 1.165) is 25.9 Å². The van der Waals surface area contributed by atoms with Crippen LogP contribution in [0.2, 0.25) is 0 Å². The van der Waals surface area contributed by atoms with E-state index in [-0.39, 0.29) is 11.5 Å². The fourth-order valence-corrected chi connectivity index (χ4v) is 2.65. The zero-order valence-electron chi connectivity index (χ0n) is 12.5. The van der Waals surface area contributed by atoms with Gasteiger partial charge in [0, 0.05) is 31.4 Å². The molecule has 5 nitrogen and oxygen atoms in total. The molecule has 1 aliphatic heterocycles. The average molecular weight is 313 g/mol. The number of rotatable bonds is 4. The average Bonchev–Trinajstić information content (AvgIpc) is 3.07. The van der Waals surface area contributed by atoms with Gasteiger partial charge in [-0.25, -0.2) is 4.39 Å². The van der Waals surface area contributed by atoms with Gasteiger partial charge in [0.05, 0.1) is 16.3 Å². The zero-order chi connectivity index (χ0) is 16.2. The van der Waals surface area contributed by atoms with Gasteiger partial charge in [0.2, 0.25) is 0 Å². The van der Waals surface area contributed by atoms with Crippen LogP contribution in [0.25, 0.3) is 0 Å². The van der Waals surface area contributed by atoms with Crippen LogP contribution in [-0.2, 0) is 0 Å². The predicted molar refractivity (Wildman–Crippen MR) is 88.2 cm³/mol. The summed E-state index contributed by atoms with van der Waals surface area (Å²) in [4.78, 5) is 16.5.